The molecule has 0 saturated heterocycles. The lowest BCUT2D eigenvalue weighted by atomic mass is 10.0. The zero-order valence-corrected chi connectivity index (χ0v) is 13.2. The highest BCUT2D eigenvalue weighted by Crippen LogP contribution is 2.28. The average molecular weight is 370 g/mol. The summed E-state index contributed by atoms with van der Waals surface area (Å²) in [5.41, 5.74) is 3.28. The van der Waals surface area contributed by atoms with E-state index >= 15 is 0 Å². The Morgan fingerprint density at radius 2 is 1.89 bits per heavy atom. The van der Waals surface area contributed by atoms with E-state index in [-0.39, 0.29) is 0 Å². The van der Waals surface area contributed by atoms with Crippen molar-refractivity contribution in [2.45, 2.75) is 19.4 Å². The zero-order chi connectivity index (χ0) is 13.1. The fourth-order valence-corrected chi connectivity index (χ4v) is 3.26. The predicted molar refractivity (Wildman–Crippen MR) is 81.7 cm³/mol. The molecule has 0 radical (unpaired) electrons. The molecule has 0 bridgehead atoms. The number of hydrogen-bond acceptors (Lipinski definition) is 1. The fraction of sp³-hybridized carbons (Fsp3) is 0.200. The van der Waals surface area contributed by atoms with Crippen molar-refractivity contribution in [2.24, 2.45) is 0 Å². The first-order valence-corrected chi connectivity index (χ1v) is 7.33. The molecule has 1 N–H and O–H groups in total. The third-order valence-electron chi connectivity index (χ3n) is 2.83. The van der Waals surface area contributed by atoms with E-state index in [0.29, 0.717) is 6.42 Å². The van der Waals surface area contributed by atoms with Gasteiger partial charge in [-0.15, -0.1) is 0 Å². The minimum atomic E-state index is -0.491. The Morgan fingerprint density at radius 1 is 1.11 bits per heavy atom. The van der Waals surface area contributed by atoms with Crippen LogP contribution in [0.2, 0.25) is 0 Å². The van der Waals surface area contributed by atoms with Crippen molar-refractivity contribution in [1.82, 2.24) is 0 Å². The molecule has 0 spiro atoms. The summed E-state index contributed by atoms with van der Waals surface area (Å²) < 4.78 is 1.93. The summed E-state index contributed by atoms with van der Waals surface area (Å²) in [4.78, 5) is 0. The van der Waals surface area contributed by atoms with Crippen LogP contribution in [0, 0.1) is 6.92 Å². The molecule has 1 atom stereocenters. The van der Waals surface area contributed by atoms with E-state index in [1.54, 1.807) is 0 Å². The fourth-order valence-electron chi connectivity index (χ4n) is 1.94. The molecule has 0 aliphatic rings. The van der Waals surface area contributed by atoms with Crippen molar-refractivity contribution in [1.29, 1.82) is 0 Å². The summed E-state index contributed by atoms with van der Waals surface area (Å²) in [5, 5.41) is 10.3. The van der Waals surface area contributed by atoms with Gasteiger partial charge >= 0.3 is 0 Å². The first-order valence-electron chi connectivity index (χ1n) is 5.75. The highest BCUT2D eigenvalue weighted by molar-refractivity contribution is 9.11. The molecule has 1 unspecified atom stereocenters. The van der Waals surface area contributed by atoms with Gasteiger partial charge in [0.2, 0.25) is 0 Å². The number of aliphatic hydroxyl groups is 1. The number of aliphatic hydroxyl groups excluding tert-OH is 1. The van der Waals surface area contributed by atoms with Crippen molar-refractivity contribution in [3.05, 3.63) is 68.1 Å². The van der Waals surface area contributed by atoms with Gasteiger partial charge in [-0.3, -0.25) is 0 Å². The third-order valence-corrected chi connectivity index (χ3v) is 4.01. The molecule has 0 heterocycles. The second-order valence-electron chi connectivity index (χ2n) is 4.37. The average Bonchev–Trinajstić information content (AvgIpc) is 2.28. The van der Waals surface area contributed by atoms with Crippen molar-refractivity contribution in [3.8, 4) is 0 Å². The lowest BCUT2D eigenvalue weighted by Crippen LogP contribution is -2.02. The second kappa shape index (κ2) is 6.00. The van der Waals surface area contributed by atoms with Crippen LogP contribution < -0.4 is 0 Å². The molecule has 2 aromatic rings. The van der Waals surface area contributed by atoms with E-state index in [1.165, 1.54) is 5.56 Å². The molecule has 94 valence electrons. The molecular weight excluding hydrogens is 356 g/mol. The largest absolute Gasteiger partial charge is 0.388 e. The molecule has 2 rings (SSSR count). The first-order chi connectivity index (χ1) is 8.56. The van der Waals surface area contributed by atoms with E-state index in [1.807, 2.05) is 30.3 Å². The minimum absolute atomic E-state index is 0.491. The van der Waals surface area contributed by atoms with E-state index in [9.17, 15) is 5.11 Å². The molecule has 0 aliphatic carbocycles. The second-order valence-corrected chi connectivity index (χ2v) is 6.14. The van der Waals surface area contributed by atoms with Crippen molar-refractivity contribution in [3.63, 3.8) is 0 Å². The smallest absolute Gasteiger partial charge is 0.0841 e. The van der Waals surface area contributed by atoms with Crippen LogP contribution in [0.1, 0.15) is 22.8 Å². The quantitative estimate of drug-likeness (QED) is 0.824. The SMILES string of the molecule is Cc1cccc(CC(O)c2ccc(Br)cc2Br)c1. The van der Waals surface area contributed by atoms with Crippen LogP contribution in [0.4, 0.5) is 0 Å². The van der Waals surface area contributed by atoms with E-state index in [4.69, 9.17) is 0 Å². The number of rotatable bonds is 3. The van der Waals surface area contributed by atoms with Crippen LogP contribution >= 0.6 is 31.9 Å². The lowest BCUT2D eigenvalue weighted by molar-refractivity contribution is 0.177. The van der Waals surface area contributed by atoms with E-state index < -0.39 is 6.10 Å². The van der Waals surface area contributed by atoms with Gasteiger partial charge in [-0.2, -0.15) is 0 Å². The monoisotopic (exact) mass is 368 g/mol. The normalized spacial score (nSPS) is 12.4. The Bertz CT molecular complexity index is 552. The Morgan fingerprint density at radius 3 is 2.56 bits per heavy atom. The molecule has 3 heteroatoms. The highest BCUT2D eigenvalue weighted by Gasteiger charge is 2.12. The molecule has 0 fully saturated rings. The van der Waals surface area contributed by atoms with Gasteiger partial charge in [0.1, 0.15) is 0 Å². The zero-order valence-electron chi connectivity index (χ0n) is 10.0. The highest BCUT2D eigenvalue weighted by atomic mass is 79.9. The minimum Gasteiger partial charge on any atom is -0.388 e. The summed E-state index contributed by atoms with van der Waals surface area (Å²) in [6.07, 6.45) is 0.135. The van der Waals surface area contributed by atoms with E-state index in [0.717, 1.165) is 20.1 Å². The standard InChI is InChI=1S/C15H14Br2O/c1-10-3-2-4-11(7-10)8-15(18)13-6-5-12(16)9-14(13)17/h2-7,9,15,18H,8H2,1H3. The molecule has 18 heavy (non-hydrogen) atoms. The Hall–Kier alpha value is -0.640. The van der Waals surface area contributed by atoms with Gasteiger partial charge in [-0.05, 0) is 30.2 Å². The van der Waals surface area contributed by atoms with Gasteiger partial charge < -0.3 is 5.11 Å². The summed E-state index contributed by atoms with van der Waals surface area (Å²) in [6.45, 7) is 2.06. The van der Waals surface area contributed by atoms with E-state index in [2.05, 4.69) is 50.9 Å². The molecule has 0 aromatic heterocycles. The van der Waals surface area contributed by atoms with Crippen LogP contribution in [0.5, 0.6) is 0 Å². The van der Waals surface area contributed by atoms with Gasteiger partial charge in [0.25, 0.3) is 0 Å². The van der Waals surface area contributed by atoms with Gasteiger partial charge in [0.15, 0.2) is 0 Å². The lowest BCUT2D eigenvalue weighted by Gasteiger charge is -2.13. The third kappa shape index (κ3) is 3.44. The number of hydrogen-bond donors (Lipinski definition) is 1. The molecule has 1 nitrogen and oxygen atoms in total. The summed E-state index contributed by atoms with van der Waals surface area (Å²) >= 11 is 6.90. The Labute approximate surface area is 124 Å². The predicted octanol–water partition coefficient (Wildman–Crippen LogP) is 4.80. The number of halogens is 2. The van der Waals surface area contributed by atoms with Crippen LogP contribution in [0.3, 0.4) is 0 Å². The van der Waals surface area contributed by atoms with Crippen molar-refractivity contribution >= 4 is 31.9 Å². The Kier molecular flexibility index (Phi) is 4.60. The van der Waals surface area contributed by atoms with Gasteiger partial charge in [-0.25, -0.2) is 0 Å². The van der Waals surface area contributed by atoms with Crippen LogP contribution in [0.15, 0.2) is 51.4 Å². The van der Waals surface area contributed by atoms with Gasteiger partial charge in [0.05, 0.1) is 6.10 Å². The summed E-state index contributed by atoms with van der Waals surface area (Å²) in [6, 6.07) is 14.1. The van der Waals surface area contributed by atoms with Crippen molar-refractivity contribution < 1.29 is 5.11 Å². The molecule has 0 saturated carbocycles. The number of aryl methyl sites for hydroxylation is 1. The molecular formula is C15H14Br2O. The summed E-state index contributed by atoms with van der Waals surface area (Å²) in [5.74, 6) is 0. The van der Waals surface area contributed by atoms with Crippen LogP contribution in [0.25, 0.3) is 0 Å². The van der Waals surface area contributed by atoms with Gasteiger partial charge in [-0.1, -0.05) is 67.8 Å². The Balaban J connectivity index is 2.19. The van der Waals surface area contributed by atoms with Crippen LogP contribution in [-0.4, -0.2) is 5.11 Å². The maximum atomic E-state index is 10.3. The number of benzene rings is 2. The molecule has 0 amide bonds. The molecule has 2 aromatic carbocycles. The summed E-state index contributed by atoms with van der Waals surface area (Å²) in [7, 11) is 0. The first kappa shape index (κ1) is 13.8. The molecule has 0 aliphatic heterocycles. The maximum Gasteiger partial charge on any atom is 0.0841 e. The van der Waals surface area contributed by atoms with Gasteiger partial charge in [0, 0.05) is 15.4 Å². The maximum absolute atomic E-state index is 10.3. The topological polar surface area (TPSA) is 20.2 Å². The van der Waals surface area contributed by atoms with Crippen molar-refractivity contribution in [2.75, 3.05) is 0 Å². The van der Waals surface area contributed by atoms with Crippen LogP contribution in [-0.2, 0) is 6.42 Å².